The van der Waals surface area contributed by atoms with E-state index < -0.39 is 0 Å². The van der Waals surface area contributed by atoms with Gasteiger partial charge in [0.05, 0.1) is 5.39 Å². The summed E-state index contributed by atoms with van der Waals surface area (Å²) in [4.78, 5) is 10.6. The summed E-state index contributed by atoms with van der Waals surface area (Å²) in [7, 11) is 0. The number of hydrogen-bond acceptors (Lipinski definition) is 5. The van der Waals surface area contributed by atoms with Gasteiger partial charge in [-0.1, -0.05) is 18.2 Å². The van der Waals surface area contributed by atoms with Crippen LogP contribution in [0, 0.1) is 6.92 Å². The molecule has 0 bridgehead atoms. The number of fused-ring (bicyclic) bond motifs is 1. The Kier molecular flexibility index (Phi) is 2.60. The lowest BCUT2D eigenvalue weighted by Gasteiger charge is -2.06. The van der Waals surface area contributed by atoms with Crippen molar-refractivity contribution < 1.29 is 0 Å². The van der Waals surface area contributed by atoms with Crippen LogP contribution < -0.4 is 11.1 Å². The number of nitrogen functional groups attached to an aromatic ring is 1. The number of anilines is 3. The van der Waals surface area contributed by atoms with Crippen LogP contribution >= 0.6 is 11.3 Å². The van der Waals surface area contributed by atoms with Crippen LogP contribution in [0.4, 0.5) is 17.5 Å². The van der Waals surface area contributed by atoms with Gasteiger partial charge in [-0.3, -0.25) is 0 Å². The molecule has 90 valence electrons. The molecule has 3 N–H and O–H groups in total. The first-order valence-corrected chi connectivity index (χ1v) is 6.40. The zero-order valence-corrected chi connectivity index (χ0v) is 10.7. The Hall–Kier alpha value is -2.14. The van der Waals surface area contributed by atoms with Crippen LogP contribution in [-0.4, -0.2) is 9.97 Å². The molecular formula is C13H12N4S. The van der Waals surface area contributed by atoms with E-state index in [9.17, 15) is 0 Å². The van der Waals surface area contributed by atoms with E-state index in [0.717, 1.165) is 21.7 Å². The Bertz CT molecular complexity index is 691. The molecule has 3 aromatic rings. The fourth-order valence-electron chi connectivity index (χ4n) is 1.81. The normalized spacial score (nSPS) is 10.7. The van der Waals surface area contributed by atoms with Gasteiger partial charge in [-0.05, 0) is 25.1 Å². The number of para-hydroxylation sites is 1. The Morgan fingerprint density at radius 1 is 1.17 bits per heavy atom. The van der Waals surface area contributed by atoms with Crippen molar-refractivity contribution in [1.82, 2.24) is 9.97 Å². The lowest BCUT2D eigenvalue weighted by Crippen LogP contribution is -1.99. The summed E-state index contributed by atoms with van der Waals surface area (Å²) < 4.78 is 0. The number of aromatic nitrogens is 2. The smallest absolute Gasteiger partial charge is 0.223 e. The third-order valence-corrected chi connectivity index (χ3v) is 3.51. The summed E-state index contributed by atoms with van der Waals surface area (Å²) in [6.45, 7) is 2.05. The van der Waals surface area contributed by atoms with Gasteiger partial charge in [0.25, 0.3) is 0 Å². The predicted octanol–water partition coefficient (Wildman–Crippen LogP) is 3.33. The second-order valence-electron chi connectivity index (χ2n) is 4.00. The molecule has 0 aliphatic carbocycles. The largest absolute Gasteiger partial charge is 0.368 e. The van der Waals surface area contributed by atoms with Crippen LogP contribution in [0.2, 0.25) is 0 Å². The molecule has 4 nitrogen and oxygen atoms in total. The van der Waals surface area contributed by atoms with Crippen LogP contribution in [0.5, 0.6) is 0 Å². The molecule has 0 saturated heterocycles. The van der Waals surface area contributed by atoms with E-state index in [1.54, 1.807) is 11.3 Å². The van der Waals surface area contributed by atoms with E-state index in [4.69, 9.17) is 5.73 Å². The summed E-state index contributed by atoms with van der Waals surface area (Å²) in [6.07, 6.45) is 0. The van der Waals surface area contributed by atoms with E-state index in [1.807, 2.05) is 30.3 Å². The lowest BCUT2D eigenvalue weighted by molar-refractivity contribution is 1.24. The van der Waals surface area contributed by atoms with Crippen molar-refractivity contribution in [2.45, 2.75) is 6.92 Å². The summed E-state index contributed by atoms with van der Waals surface area (Å²) in [6, 6.07) is 12.0. The molecule has 3 rings (SSSR count). The molecule has 0 aliphatic heterocycles. The third kappa shape index (κ3) is 2.00. The molecule has 0 unspecified atom stereocenters. The first kappa shape index (κ1) is 11.0. The van der Waals surface area contributed by atoms with Gasteiger partial charge in [0.2, 0.25) is 5.95 Å². The Morgan fingerprint density at radius 3 is 2.72 bits per heavy atom. The van der Waals surface area contributed by atoms with Gasteiger partial charge in [0.1, 0.15) is 10.6 Å². The zero-order valence-electron chi connectivity index (χ0n) is 9.84. The monoisotopic (exact) mass is 256 g/mol. The molecule has 0 amide bonds. The second kappa shape index (κ2) is 4.27. The van der Waals surface area contributed by atoms with Crippen molar-refractivity contribution in [3.8, 4) is 0 Å². The number of aryl methyl sites for hydroxylation is 1. The molecule has 0 aliphatic rings. The summed E-state index contributed by atoms with van der Waals surface area (Å²) in [5.41, 5.74) is 6.72. The van der Waals surface area contributed by atoms with E-state index >= 15 is 0 Å². The van der Waals surface area contributed by atoms with Gasteiger partial charge in [-0.15, -0.1) is 11.3 Å². The van der Waals surface area contributed by atoms with Crippen LogP contribution in [0.3, 0.4) is 0 Å². The average Bonchev–Trinajstić information content (AvgIpc) is 2.71. The number of nitrogens with two attached hydrogens (primary N) is 1. The minimum atomic E-state index is 0.294. The minimum Gasteiger partial charge on any atom is -0.368 e. The standard InChI is InChI=1S/C13H12N4S/c1-8-7-10-11(15-9-5-3-2-4-6-9)16-13(14)17-12(10)18-8/h2-7H,1H3,(H3,14,15,16,17). The summed E-state index contributed by atoms with van der Waals surface area (Å²) >= 11 is 1.62. The van der Waals surface area contributed by atoms with Crippen LogP contribution in [-0.2, 0) is 0 Å². The van der Waals surface area contributed by atoms with E-state index in [-0.39, 0.29) is 0 Å². The lowest BCUT2D eigenvalue weighted by atomic mass is 10.3. The Labute approximate surface area is 109 Å². The van der Waals surface area contributed by atoms with E-state index in [1.165, 1.54) is 4.88 Å². The molecule has 0 spiro atoms. The number of nitrogens with zero attached hydrogens (tertiary/aromatic N) is 2. The zero-order chi connectivity index (χ0) is 12.5. The number of benzene rings is 1. The van der Waals surface area contributed by atoms with Crippen molar-refractivity contribution in [1.29, 1.82) is 0 Å². The molecule has 2 heterocycles. The first-order valence-electron chi connectivity index (χ1n) is 5.58. The molecule has 0 saturated carbocycles. The maximum absolute atomic E-state index is 5.73. The highest BCUT2D eigenvalue weighted by molar-refractivity contribution is 7.18. The first-order chi connectivity index (χ1) is 8.72. The number of hydrogen-bond donors (Lipinski definition) is 2. The topological polar surface area (TPSA) is 63.8 Å². The molecule has 1 aromatic carbocycles. The highest BCUT2D eigenvalue weighted by Crippen LogP contribution is 2.30. The Balaban J connectivity index is 2.10. The molecule has 2 aromatic heterocycles. The van der Waals surface area contributed by atoms with Gasteiger partial charge >= 0.3 is 0 Å². The predicted molar refractivity (Wildman–Crippen MR) is 76.3 cm³/mol. The van der Waals surface area contributed by atoms with Gasteiger partial charge in [0.15, 0.2) is 0 Å². The van der Waals surface area contributed by atoms with E-state index in [0.29, 0.717) is 5.95 Å². The molecule has 0 fully saturated rings. The molecule has 18 heavy (non-hydrogen) atoms. The summed E-state index contributed by atoms with van der Waals surface area (Å²) in [5.74, 6) is 1.05. The van der Waals surface area contributed by atoms with Crippen LogP contribution in [0.25, 0.3) is 10.2 Å². The quantitative estimate of drug-likeness (QED) is 0.738. The van der Waals surface area contributed by atoms with Crippen LogP contribution in [0.1, 0.15) is 4.88 Å². The molecule has 0 radical (unpaired) electrons. The number of nitrogens with one attached hydrogen (secondary N) is 1. The molecule has 0 atom stereocenters. The highest BCUT2D eigenvalue weighted by Gasteiger charge is 2.09. The number of thiophene rings is 1. The fraction of sp³-hybridized carbons (Fsp3) is 0.0769. The number of rotatable bonds is 2. The maximum Gasteiger partial charge on any atom is 0.223 e. The summed E-state index contributed by atoms with van der Waals surface area (Å²) in [5, 5.41) is 4.29. The van der Waals surface area contributed by atoms with Gasteiger partial charge in [0, 0.05) is 10.6 Å². The average molecular weight is 256 g/mol. The molecular weight excluding hydrogens is 244 g/mol. The van der Waals surface area contributed by atoms with E-state index in [2.05, 4.69) is 28.3 Å². The van der Waals surface area contributed by atoms with Gasteiger partial charge < -0.3 is 11.1 Å². The Morgan fingerprint density at radius 2 is 1.94 bits per heavy atom. The van der Waals surface area contributed by atoms with Crippen molar-refractivity contribution in [3.63, 3.8) is 0 Å². The van der Waals surface area contributed by atoms with Crippen molar-refractivity contribution in [3.05, 3.63) is 41.3 Å². The van der Waals surface area contributed by atoms with Gasteiger partial charge in [-0.2, -0.15) is 4.98 Å². The van der Waals surface area contributed by atoms with Crippen LogP contribution in [0.15, 0.2) is 36.4 Å². The molecule has 5 heteroatoms. The third-order valence-electron chi connectivity index (χ3n) is 2.57. The minimum absolute atomic E-state index is 0.294. The maximum atomic E-state index is 5.73. The van der Waals surface area contributed by atoms with Crippen molar-refractivity contribution >= 4 is 39.0 Å². The van der Waals surface area contributed by atoms with Crippen molar-refractivity contribution in [2.75, 3.05) is 11.1 Å². The van der Waals surface area contributed by atoms with Crippen molar-refractivity contribution in [2.24, 2.45) is 0 Å². The fourth-order valence-corrected chi connectivity index (χ4v) is 2.70. The highest BCUT2D eigenvalue weighted by atomic mass is 32.1. The second-order valence-corrected chi connectivity index (χ2v) is 5.23. The SMILES string of the molecule is Cc1cc2c(Nc3ccccc3)nc(N)nc2s1. The van der Waals surface area contributed by atoms with Gasteiger partial charge in [-0.25, -0.2) is 4.98 Å².